The minimum atomic E-state index is -0.534. The van der Waals surface area contributed by atoms with E-state index in [2.05, 4.69) is 13.8 Å². The molecule has 0 aromatic carbocycles. The second-order valence-electron chi connectivity index (χ2n) is 4.85. The topological polar surface area (TPSA) is 43.4 Å². The second kappa shape index (κ2) is 5.99. The van der Waals surface area contributed by atoms with E-state index in [9.17, 15) is 9.59 Å². The first-order valence-corrected chi connectivity index (χ1v) is 6.45. The van der Waals surface area contributed by atoms with Crippen LogP contribution in [0.2, 0.25) is 0 Å². The Bertz CT molecular complexity index is 319. The van der Waals surface area contributed by atoms with E-state index in [4.69, 9.17) is 4.74 Å². The van der Waals surface area contributed by atoms with E-state index in [1.54, 1.807) is 6.92 Å². The second-order valence-corrected chi connectivity index (χ2v) is 4.85. The fourth-order valence-electron chi connectivity index (χ4n) is 2.63. The molecule has 0 bridgehead atoms. The number of Topliss-reactive ketones (excluding diaryl/α,β-unsaturated/α-hetero) is 1. The predicted octanol–water partition coefficient (Wildman–Crippen LogP) is 3.03. The highest BCUT2D eigenvalue weighted by Gasteiger charge is 2.42. The van der Waals surface area contributed by atoms with Crippen molar-refractivity contribution in [3.63, 3.8) is 0 Å². The molecule has 0 N–H and O–H groups in total. The van der Waals surface area contributed by atoms with Crippen molar-refractivity contribution in [2.24, 2.45) is 5.92 Å². The lowest BCUT2D eigenvalue weighted by atomic mass is 9.78. The number of cyclic esters (lactones) is 1. The van der Waals surface area contributed by atoms with Crippen LogP contribution >= 0.6 is 0 Å². The molecule has 96 valence electrons. The maximum atomic E-state index is 11.3. The van der Waals surface area contributed by atoms with Crippen LogP contribution in [0.1, 0.15) is 52.9 Å². The largest absolute Gasteiger partial charge is 0.451 e. The molecule has 0 aromatic rings. The third-order valence-corrected chi connectivity index (χ3v) is 3.29. The van der Waals surface area contributed by atoms with Crippen LogP contribution in [-0.4, -0.2) is 17.4 Å². The summed E-state index contributed by atoms with van der Waals surface area (Å²) in [6, 6.07) is 0. The fourth-order valence-corrected chi connectivity index (χ4v) is 2.63. The number of rotatable bonds is 7. The third-order valence-electron chi connectivity index (χ3n) is 3.29. The zero-order valence-corrected chi connectivity index (χ0v) is 11.0. The van der Waals surface area contributed by atoms with Gasteiger partial charge in [0.05, 0.1) is 0 Å². The van der Waals surface area contributed by atoms with Gasteiger partial charge >= 0.3 is 5.97 Å². The molecule has 1 aliphatic rings. The highest BCUT2D eigenvalue weighted by Crippen LogP contribution is 2.38. The monoisotopic (exact) mass is 238 g/mol. The molecule has 1 heterocycles. The van der Waals surface area contributed by atoms with Gasteiger partial charge in [-0.25, -0.2) is 4.79 Å². The van der Waals surface area contributed by atoms with Gasteiger partial charge in [0.2, 0.25) is 0 Å². The van der Waals surface area contributed by atoms with Gasteiger partial charge < -0.3 is 9.53 Å². The number of ketones is 1. The Morgan fingerprint density at radius 2 is 2.12 bits per heavy atom. The molecule has 0 spiro atoms. The quantitative estimate of drug-likeness (QED) is 0.640. The molecule has 1 rings (SSSR count). The van der Waals surface area contributed by atoms with E-state index in [-0.39, 0.29) is 17.7 Å². The van der Waals surface area contributed by atoms with Gasteiger partial charge in [-0.15, -0.1) is 0 Å². The summed E-state index contributed by atoms with van der Waals surface area (Å²) >= 11 is 0. The Hall–Kier alpha value is -1.12. The zero-order valence-electron chi connectivity index (χ0n) is 11.0. The Kier molecular flexibility index (Phi) is 4.91. The van der Waals surface area contributed by atoms with Gasteiger partial charge in [0.1, 0.15) is 11.4 Å². The average Bonchev–Trinajstić information content (AvgIpc) is 2.61. The smallest absolute Gasteiger partial charge is 0.331 e. The first-order valence-electron chi connectivity index (χ1n) is 6.45. The van der Waals surface area contributed by atoms with Gasteiger partial charge in [-0.2, -0.15) is 0 Å². The maximum absolute atomic E-state index is 11.3. The van der Waals surface area contributed by atoms with E-state index in [1.807, 2.05) is 6.08 Å². The normalized spacial score (nSPS) is 24.8. The molecule has 0 aliphatic carbocycles. The Balaban J connectivity index is 2.88. The summed E-state index contributed by atoms with van der Waals surface area (Å²) in [6.07, 6.45) is 7.50. The average molecular weight is 238 g/mol. The van der Waals surface area contributed by atoms with Crippen LogP contribution in [0.5, 0.6) is 0 Å². The van der Waals surface area contributed by atoms with Gasteiger partial charge in [0.15, 0.2) is 0 Å². The lowest BCUT2D eigenvalue weighted by Crippen LogP contribution is -2.38. The van der Waals surface area contributed by atoms with Crippen molar-refractivity contribution in [3.05, 3.63) is 12.2 Å². The number of hydrogen-bond acceptors (Lipinski definition) is 3. The first-order chi connectivity index (χ1) is 8.04. The molecule has 0 amide bonds. The first kappa shape index (κ1) is 13.9. The number of ether oxygens (including phenoxy) is 1. The van der Waals surface area contributed by atoms with Crippen molar-refractivity contribution in [1.29, 1.82) is 0 Å². The van der Waals surface area contributed by atoms with E-state index < -0.39 is 5.60 Å². The minimum Gasteiger partial charge on any atom is -0.451 e. The number of carbonyl (C=O) groups is 2. The van der Waals surface area contributed by atoms with Gasteiger partial charge in [-0.05, 0) is 25.8 Å². The van der Waals surface area contributed by atoms with Crippen LogP contribution in [0.4, 0.5) is 0 Å². The van der Waals surface area contributed by atoms with Crippen LogP contribution in [0.25, 0.3) is 0 Å². The number of carbonyl (C=O) groups excluding carboxylic acids is 2. The van der Waals surface area contributed by atoms with E-state index in [0.717, 1.165) is 25.7 Å². The van der Waals surface area contributed by atoms with Crippen molar-refractivity contribution in [2.75, 3.05) is 0 Å². The molecule has 0 saturated heterocycles. The van der Waals surface area contributed by atoms with Crippen LogP contribution in [0.3, 0.4) is 0 Å². The molecule has 3 heteroatoms. The van der Waals surface area contributed by atoms with Crippen molar-refractivity contribution in [2.45, 2.75) is 58.5 Å². The summed E-state index contributed by atoms with van der Waals surface area (Å²) in [5.41, 5.74) is -0.534. The maximum Gasteiger partial charge on any atom is 0.331 e. The predicted molar refractivity (Wildman–Crippen MR) is 66.6 cm³/mol. The summed E-state index contributed by atoms with van der Waals surface area (Å²) in [4.78, 5) is 22.7. The summed E-state index contributed by atoms with van der Waals surface area (Å²) in [6.45, 7) is 5.76. The van der Waals surface area contributed by atoms with Gasteiger partial charge in [-0.3, -0.25) is 0 Å². The standard InChI is InChI=1S/C14H22O3/c1-4-6-12(10-11(3)15)14(8-5-2)9-7-13(16)17-14/h7,9,12H,4-6,8,10H2,1-3H3/t12-,14-/m0/s1. The highest BCUT2D eigenvalue weighted by molar-refractivity contribution is 5.85. The molecule has 0 fully saturated rings. The summed E-state index contributed by atoms with van der Waals surface area (Å²) < 4.78 is 5.50. The number of hydrogen-bond donors (Lipinski definition) is 0. The number of esters is 1. The molecule has 0 unspecified atom stereocenters. The Labute approximate surface area is 103 Å². The Morgan fingerprint density at radius 1 is 1.41 bits per heavy atom. The molecular formula is C14H22O3. The fraction of sp³-hybridized carbons (Fsp3) is 0.714. The van der Waals surface area contributed by atoms with Crippen LogP contribution in [-0.2, 0) is 14.3 Å². The molecule has 0 aromatic heterocycles. The highest BCUT2D eigenvalue weighted by atomic mass is 16.6. The van der Waals surface area contributed by atoms with Gasteiger partial charge in [-0.1, -0.05) is 26.7 Å². The molecule has 3 nitrogen and oxygen atoms in total. The molecule has 0 radical (unpaired) electrons. The van der Waals surface area contributed by atoms with Crippen molar-refractivity contribution in [1.82, 2.24) is 0 Å². The minimum absolute atomic E-state index is 0.118. The SMILES string of the molecule is CCC[C@@H](CC(C)=O)[C@]1(CCC)C=CC(=O)O1. The van der Waals surface area contributed by atoms with Gasteiger partial charge in [0, 0.05) is 18.4 Å². The molecule has 0 saturated carbocycles. The van der Waals surface area contributed by atoms with Gasteiger partial charge in [0.25, 0.3) is 0 Å². The molecule has 17 heavy (non-hydrogen) atoms. The van der Waals surface area contributed by atoms with Crippen molar-refractivity contribution in [3.8, 4) is 0 Å². The van der Waals surface area contributed by atoms with E-state index in [0.29, 0.717) is 6.42 Å². The summed E-state index contributed by atoms with van der Waals surface area (Å²) in [5.74, 6) is 0.00559. The molecular weight excluding hydrogens is 216 g/mol. The third kappa shape index (κ3) is 3.42. The van der Waals surface area contributed by atoms with Crippen LogP contribution in [0, 0.1) is 5.92 Å². The summed E-state index contributed by atoms with van der Waals surface area (Å²) in [5, 5.41) is 0. The summed E-state index contributed by atoms with van der Waals surface area (Å²) in [7, 11) is 0. The van der Waals surface area contributed by atoms with Crippen LogP contribution in [0.15, 0.2) is 12.2 Å². The molecule has 1 aliphatic heterocycles. The van der Waals surface area contributed by atoms with Crippen molar-refractivity contribution >= 4 is 11.8 Å². The van der Waals surface area contributed by atoms with Crippen molar-refractivity contribution < 1.29 is 14.3 Å². The van der Waals surface area contributed by atoms with E-state index >= 15 is 0 Å². The lowest BCUT2D eigenvalue weighted by molar-refractivity contribution is -0.152. The zero-order chi connectivity index (χ0) is 12.9. The lowest BCUT2D eigenvalue weighted by Gasteiger charge is -2.34. The molecule has 2 atom stereocenters. The Morgan fingerprint density at radius 3 is 2.53 bits per heavy atom. The van der Waals surface area contributed by atoms with E-state index in [1.165, 1.54) is 6.08 Å². The van der Waals surface area contributed by atoms with Crippen LogP contribution < -0.4 is 0 Å².